The second-order valence-corrected chi connectivity index (χ2v) is 10.9. The molecule has 0 aliphatic heterocycles. The summed E-state index contributed by atoms with van der Waals surface area (Å²) in [6, 6.07) is -0.643. The van der Waals surface area contributed by atoms with Crippen LogP contribution < -0.4 is 0 Å². The minimum Gasteiger partial charge on any atom is -0.449 e. The molecule has 1 saturated carbocycles. The average molecular weight is 330 g/mol. The molecule has 1 aliphatic rings. The fraction of sp³-hybridized carbons (Fsp3) is 0.786. The van der Waals surface area contributed by atoms with Crippen molar-refractivity contribution < 1.29 is 23.9 Å². The van der Waals surface area contributed by atoms with E-state index in [0.717, 1.165) is 0 Å². The molecule has 0 radical (unpaired) electrons. The van der Waals surface area contributed by atoms with Crippen LogP contribution in [0.2, 0.25) is 19.6 Å². The molecular weight excluding hydrogens is 304 g/mol. The lowest BCUT2D eigenvalue weighted by Gasteiger charge is -2.43. The summed E-state index contributed by atoms with van der Waals surface area (Å²) in [6.07, 6.45) is 0.399. The second-order valence-electron chi connectivity index (χ2n) is 6.10. The van der Waals surface area contributed by atoms with Crippen molar-refractivity contribution in [3.05, 3.63) is 0 Å². The van der Waals surface area contributed by atoms with Gasteiger partial charge in [0.05, 0.1) is 13.2 Å². The van der Waals surface area contributed by atoms with Crippen molar-refractivity contribution in [1.82, 2.24) is 9.68 Å². The highest BCUT2D eigenvalue weighted by atomic mass is 28.3. The number of carbonyl (C=O) groups is 3. The maximum atomic E-state index is 12.4. The maximum absolute atomic E-state index is 12.4. The number of hydrogen-bond acceptors (Lipinski definition) is 5. The van der Waals surface area contributed by atoms with Gasteiger partial charge in [0.25, 0.3) is 0 Å². The van der Waals surface area contributed by atoms with Crippen LogP contribution >= 0.6 is 0 Å². The van der Waals surface area contributed by atoms with Gasteiger partial charge in [-0.05, 0) is 46.3 Å². The molecule has 1 fully saturated rings. The van der Waals surface area contributed by atoms with Gasteiger partial charge >= 0.3 is 12.2 Å². The summed E-state index contributed by atoms with van der Waals surface area (Å²) in [5.74, 6) is -0.0411. The van der Waals surface area contributed by atoms with Crippen LogP contribution in [0.4, 0.5) is 9.59 Å². The summed E-state index contributed by atoms with van der Waals surface area (Å²) in [6.45, 7) is 9.51. The molecule has 0 N–H and O–H groups in total. The Morgan fingerprint density at radius 2 is 1.68 bits per heavy atom. The number of Topliss-reactive ketones (excluding diaryl/α,β-unsaturated/α-hetero) is 1. The molecule has 1 rings (SSSR count). The van der Waals surface area contributed by atoms with E-state index >= 15 is 0 Å². The van der Waals surface area contributed by atoms with Gasteiger partial charge in [0, 0.05) is 6.42 Å². The fourth-order valence-corrected chi connectivity index (χ4v) is 3.94. The molecule has 7 nitrogen and oxygen atoms in total. The van der Waals surface area contributed by atoms with Crippen molar-refractivity contribution in [2.75, 3.05) is 13.2 Å². The summed E-state index contributed by atoms with van der Waals surface area (Å²) in [5.41, 5.74) is 0. The third kappa shape index (κ3) is 4.22. The molecule has 0 saturated heterocycles. The average Bonchev–Trinajstić information content (AvgIpc) is 2.80. The van der Waals surface area contributed by atoms with Gasteiger partial charge in [-0.25, -0.2) is 19.3 Å². The van der Waals surface area contributed by atoms with E-state index in [4.69, 9.17) is 9.47 Å². The molecule has 1 aliphatic carbocycles. The van der Waals surface area contributed by atoms with Gasteiger partial charge in [-0.15, -0.1) is 0 Å². The van der Waals surface area contributed by atoms with E-state index in [2.05, 4.69) is 0 Å². The minimum atomic E-state index is -2.31. The number of rotatable bonds is 4. The standard InChI is InChI=1S/C14H26N2O5Si/c1-6-20-13(18)15(11-9-8-10-12(11)17)16(22(3,4)5)14(19)21-7-2/h11H,6-10H2,1-5H3. The Morgan fingerprint density at radius 1 is 1.14 bits per heavy atom. The van der Waals surface area contributed by atoms with Gasteiger partial charge in [-0.3, -0.25) is 4.79 Å². The van der Waals surface area contributed by atoms with Crippen LogP contribution in [0.1, 0.15) is 33.1 Å². The topological polar surface area (TPSA) is 76.2 Å². The van der Waals surface area contributed by atoms with Crippen molar-refractivity contribution in [2.45, 2.75) is 58.8 Å². The smallest absolute Gasteiger partial charge is 0.428 e. The second kappa shape index (κ2) is 7.62. The van der Waals surface area contributed by atoms with Crippen molar-refractivity contribution >= 4 is 26.2 Å². The zero-order valence-electron chi connectivity index (χ0n) is 14.0. The maximum Gasteiger partial charge on any atom is 0.428 e. The Morgan fingerprint density at radius 3 is 2.09 bits per heavy atom. The number of ketones is 1. The monoisotopic (exact) mass is 330 g/mol. The van der Waals surface area contributed by atoms with Crippen LogP contribution in [0, 0.1) is 0 Å². The molecule has 22 heavy (non-hydrogen) atoms. The predicted molar refractivity (Wildman–Crippen MR) is 83.7 cm³/mol. The zero-order valence-corrected chi connectivity index (χ0v) is 15.0. The Kier molecular flexibility index (Phi) is 6.40. The van der Waals surface area contributed by atoms with Gasteiger partial charge in [-0.1, -0.05) is 0 Å². The summed E-state index contributed by atoms with van der Waals surface area (Å²) in [5, 5.41) is 1.20. The molecular formula is C14H26N2O5Si. The molecule has 0 heterocycles. The number of ether oxygens (including phenoxy) is 2. The summed E-state index contributed by atoms with van der Waals surface area (Å²) >= 11 is 0. The largest absolute Gasteiger partial charge is 0.449 e. The van der Waals surface area contributed by atoms with Crippen LogP contribution in [0.3, 0.4) is 0 Å². The van der Waals surface area contributed by atoms with Gasteiger partial charge in [0.1, 0.15) is 6.04 Å². The van der Waals surface area contributed by atoms with E-state index in [9.17, 15) is 14.4 Å². The van der Waals surface area contributed by atoms with Crippen molar-refractivity contribution in [2.24, 2.45) is 0 Å². The quantitative estimate of drug-likeness (QED) is 0.585. The number of carbonyl (C=O) groups excluding carboxylic acids is 3. The van der Waals surface area contributed by atoms with Gasteiger partial charge in [-0.2, -0.15) is 0 Å². The minimum absolute atomic E-state index is 0.0411. The van der Waals surface area contributed by atoms with Gasteiger partial charge < -0.3 is 9.47 Å². The molecule has 0 bridgehead atoms. The van der Waals surface area contributed by atoms with E-state index in [-0.39, 0.29) is 19.0 Å². The van der Waals surface area contributed by atoms with E-state index in [1.807, 2.05) is 19.6 Å². The number of amides is 2. The molecule has 1 unspecified atom stereocenters. The molecule has 0 aromatic rings. The Hall–Kier alpha value is -1.57. The molecule has 1 atom stereocenters. The van der Waals surface area contributed by atoms with Gasteiger partial charge in [0.2, 0.25) is 0 Å². The Bertz CT molecular complexity index is 435. The molecule has 2 amide bonds. The number of nitrogens with zero attached hydrogens (tertiary/aromatic N) is 2. The predicted octanol–water partition coefficient (Wildman–Crippen LogP) is 2.77. The van der Waals surface area contributed by atoms with Gasteiger partial charge in [0.15, 0.2) is 14.0 Å². The SMILES string of the molecule is CCOC(=O)N(C1CCCC1=O)N(C(=O)OCC)[Si](C)(C)C. The van der Waals surface area contributed by atoms with Crippen LogP contribution in [0.25, 0.3) is 0 Å². The first-order valence-electron chi connectivity index (χ1n) is 7.69. The van der Waals surface area contributed by atoms with E-state index in [0.29, 0.717) is 19.3 Å². The highest BCUT2D eigenvalue weighted by molar-refractivity contribution is 6.75. The van der Waals surface area contributed by atoms with E-state index in [1.165, 1.54) is 9.68 Å². The third-order valence-corrected chi connectivity index (χ3v) is 4.98. The molecule has 0 aromatic heterocycles. The lowest BCUT2D eigenvalue weighted by atomic mass is 10.2. The van der Waals surface area contributed by atoms with Crippen LogP contribution in [0.5, 0.6) is 0 Å². The summed E-state index contributed by atoms with van der Waals surface area (Å²) in [4.78, 5) is 36.9. The molecule has 0 spiro atoms. The van der Waals surface area contributed by atoms with E-state index in [1.54, 1.807) is 13.8 Å². The van der Waals surface area contributed by atoms with Crippen molar-refractivity contribution in [3.63, 3.8) is 0 Å². The fourth-order valence-electron chi connectivity index (χ4n) is 2.46. The number of hydrogen-bond donors (Lipinski definition) is 0. The Balaban J connectivity index is 3.21. The normalized spacial score (nSPS) is 18.0. The summed E-state index contributed by atoms with van der Waals surface area (Å²) in [7, 11) is -2.31. The van der Waals surface area contributed by atoms with Crippen LogP contribution in [0.15, 0.2) is 0 Å². The van der Waals surface area contributed by atoms with E-state index < -0.39 is 26.5 Å². The third-order valence-electron chi connectivity index (χ3n) is 3.31. The first kappa shape index (κ1) is 18.5. The van der Waals surface area contributed by atoms with Crippen molar-refractivity contribution in [3.8, 4) is 0 Å². The Labute approximate surface area is 132 Å². The highest BCUT2D eigenvalue weighted by Gasteiger charge is 2.45. The highest BCUT2D eigenvalue weighted by Crippen LogP contribution is 2.26. The first-order chi connectivity index (χ1) is 10.2. The molecule has 126 valence electrons. The summed E-state index contributed by atoms with van der Waals surface area (Å²) < 4.78 is 11.5. The molecule has 0 aromatic carbocycles. The van der Waals surface area contributed by atoms with Crippen molar-refractivity contribution in [1.29, 1.82) is 0 Å². The zero-order chi connectivity index (χ0) is 16.9. The number of hydrazine groups is 1. The molecule has 8 heteroatoms. The van der Waals surface area contributed by atoms with Crippen LogP contribution in [-0.4, -0.2) is 55.1 Å². The first-order valence-corrected chi connectivity index (χ1v) is 11.1. The lowest BCUT2D eigenvalue weighted by Crippen LogP contribution is -2.64. The van der Waals surface area contributed by atoms with Crippen LogP contribution in [-0.2, 0) is 14.3 Å². The lowest BCUT2D eigenvalue weighted by molar-refractivity contribution is -0.124.